The molecular weight excluding hydrogens is 1740 g/mol. The molecule has 14 atom stereocenters. The Hall–Kier alpha value is -9.65. The van der Waals surface area contributed by atoms with Gasteiger partial charge in [0, 0.05) is 71.7 Å². The number of fused-ring (bicyclic) bond motifs is 5. The van der Waals surface area contributed by atoms with Crippen LogP contribution in [0.3, 0.4) is 0 Å². The zero-order valence-corrected chi connectivity index (χ0v) is 76.2. The summed E-state index contributed by atoms with van der Waals surface area (Å²) in [6.45, 7) is 17.2. The Morgan fingerprint density at radius 2 is 0.879 bits per heavy atom. The fourth-order valence-electron chi connectivity index (χ4n) is 15.0. The van der Waals surface area contributed by atoms with Gasteiger partial charge in [0.1, 0.15) is 55.0 Å². The highest BCUT2D eigenvalue weighted by molar-refractivity contribution is 5.87. The molecule has 7 amide bonds. The van der Waals surface area contributed by atoms with E-state index >= 15 is 0 Å². The Kier molecular flexibility index (Phi) is 46.4. The van der Waals surface area contributed by atoms with E-state index in [4.69, 9.17) is 118 Å². The summed E-state index contributed by atoms with van der Waals surface area (Å²) < 4.78 is 140. The molecule has 1 aliphatic carbocycles. The summed E-state index contributed by atoms with van der Waals surface area (Å²) >= 11 is 0. The summed E-state index contributed by atoms with van der Waals surface area (Å²) in [6.07, 6.45) is -14.2. The molecule has 3 aromatic rings. The molecule has 6 aliphatic rings. The number of hydrogen-bond acceptors (Lipinski definition) is 36. The van der Waals surface area contributed by atoms with Crippen LogP contribution in [-0.2, 0) is 165 Å². The van der Waals surface area contributed by atoms with Crippen LogP contribution in [0.5, 0.6) is 5.75 Å². The number of nitrogens with one attached hydrogen (secondary N) is 7. The summed E-state index contributed by atoms with van der Waals surface area (Å²) in [5.41, 5.74) is 3.61. The Labute approximate surface area is 766 Å². The van der Waals surface area contributed by atoms with Crippen molar-refractivity contribution >= 4 is 65.8 Å². The van der Waals surface area contributed by atoms with Crippen molar-refractivity contribution in [3.63, 3.8) is 0 Å². The lowest BCUT2D eigenvalue weighted by Crippen LogP contribution is -2.64. The topological polar surface area (TPSA) is 503 Å². The molecule has 43 nitrogen and oxygen atoms in total. The second kappa shape index (κ2) is 57.8. The van der Waals surface area contributed by atoms with Gasteiger partial charge in [-0.2, -0.15) is 0 Å². The molecule has 5 aliphatic heterocycles. The lowest BCUT2D eigenvalue weighted by molar-refractivity contribution is -0.282. The average Bonchev–Trinajstić information content (AvgIpc) is 1.57. The van der Waals surface area contributed by atoms with Crippen LogP contribution in [0, 0.1) is 0 Å². The molecule has 736 valence electrons. The maximum atomic E-state index is 14.3. The standard InChI is InChI=1S/C89H129N7O36/c1-56(97)127-79-80(128-57(2)98)82(129-58(3)99)85(131-81(79)84(104)109-8)130-71-21-20-59(50-125-87(106)95-69-54-123-78-70(55-124-77(69)78)96-88(107)132-89(4,5)6)48-60(71)49-91-72(100)22-24-90-83(103)66(94-86(105)126-51-65-63-16-11-9-14-61(63)62-15-10-12-17-64(62)65)18-13-19-73(101)92-67-52-121-76-68(53-122-75(67)76)93-74(102)23-25-110-28-29-112-32-33-114-36-37-116-40-41-118-44-45-120-47-46-119-43-42-117-39-38-115-35-34-113-31-30-111-27-26-108-7/h9-12,14-17,20-21,48,65-70,75-82,85H,13,18-19,22-47,49-55H2,1-8H3,(H,90,103)(H,91,100)(H,92,101)(H,93,102)(H,94,105)(H,95,106)(H,96,107)/t66-,67-,68-,69-,70-,75+,76+,77+,78+,79-,80-,81-,82+,85+/m0/s1. The fraction of sp³-hybridized carbons (Fsp3) is 0.674. The lowest BCUT2D eigenvalue weighted by Gasteiger charge is -2.43. The lowest BCUT2D eigenvalue weighted by atomic mass is 9.97. The van der Waals surface area contributed by atoms with Crippen LogP contribution in [-0.4, -0.2) is 362 Å². The molecule has 0 radical (unpaired) electrons. The van der Waals surface area contributed by atoms with Crippen LogP contribution in [0.2, 0.25) is 0 Å². The smallest absolute Gasteiger partial charge is 0.408 e. The van der Waals surface area contributed by atoms with Gasteiger partial charge in [0.25, 0.3) is 0 Å². The Morgan fingerprint density at radius 1 is 0.447 bits per heavy atom. The zero-order chi connectivity index (χ0) is 94.4. The van der Waals surface area contributed by atoms with E-state index in [0.717, 1.165) is 50.1 Å². The van der Waals surface area contributed by atoms with Crippen molar-refractivity contribution in [1.82, 2.24) is 37.2 Å². The van der Waals surface area contributed by atoms with Crippen molar-refractivity contribution in [1.29, 1.82) is 0 Å². The number of ether oxygens (including phenoxy) is 25. The monoisotopic (exact) mass is 1870 g/mol. The molecule has 0 spiro atoms. The number of esters is 4. The number of hydrogen-bond donors (Lipinski definition) is 7. The molecular formula is C89H129N7O36. The summed E-state index contributed by atoms with van der Waals surface area (Å²) in [7, 11) is 2.65. The molecule has 43 heteroatoms. The third kappa shape index (κ3) is 36.6. The van der Waals surface area contributed by atoms with E-state index in [1.807, 2.05) is 48.5 Å². The van der Waals surface area contributed by atoms with E-state index in [9.17, 15) is 52.7 Å². The van der Waals surface area contributed by atoms with Gasteiger partial charge < -0.3 is 156 Å². The van der Waals surface area contributed by atoms with Gasteiger partial charge in [0.05, 0.1) is 210 Å². The second-order valence-corrected chi connectivity index (χ2v) is 32.1. The number of carbonyl (C=O) groups is 11. The molecule has 0 aromatic heterocycles. The molecule has 5 saturated heterocycles. The SMILES string of the molecule is COCCOCCOCCOCCOCCOCCOCCOCCOCCOCCOCCOCCC(=O)N[C@H]1CO[C@H]2[C@@H]1OC[C@@H]2NC(=O)CCC[C@H](NC(=O)OCC1c2ccccc2-c2ccccc21)C(=O)NCCC(=O)NCc1cc(COC(=O)N[C@H]2CO[C@H]3[C@@H]2OC[C@@H]3NC(=O)OC(C)(C)C)ccc1O[C@@H]1O[C@H](C(=O)OC)[C@@H](OC(C)=O)[C@H](OC(C)=O)[C@H]1OC(C)=O. The van der Waals surface area contributed by atoms with E-state index < -0.39 is 151 Å². The zero-order valence-electron chi connectivity index (χ0n) is 76.2. The van der Waals surface area contributed by atoms with Crippen LogP contribution in [0.4, 0.5) is 14.4 Å². The van der Waals surface area contributed by atoms with E-state index in [1.54, 1.807) is 27.9 Å². The number of methoxy groups -OCH3 is 2. The average molecular weight is 1870 g/mol. The van der Waals surface area contributed by atoms with Gasteiger partial charge in [-0.05, 0) is 73.6 Å². The quantitative estimate of drug-likeness (QED) is 0.0242. The molecule has 0 unspecified atom stereocenters. The first-order valence-corrected chi connectivity index (χ1v) is 44.4. The van der Waals surface area contributed by atoms with Crippen LogP contribution < -0.4 is 42.0 Å². The van der Waals surface area contributed by atoms with Gasteiger partial charge >= 0.3 is 42.2 Å². The Bertz CT molecular complexity index is 4040. The summed E-state index contributed by atoms with van der Waals surface area (Å²) in [4.78, 5) is 146. The highest BCUT2D eigenvalue weighted by Gasteiger charge is 2.57. The maximum absolute atomic E-state index is 14.3. The maximum Gasteiger partial charge on any atom is 0.408 e. The van der Waals surface area contributed by atoms with Gasteiger partial charge in [-0.1, -0.05) is 54.6 Å². The predicted octanol–water partition coefficient (Wildman–Crippen LogP) is 2.23. The molecule has 7 N–H and O–H groups in total. The number of rotatable bonds is 61. The number of alkyl carbamates (subject to hydrolysis) is 3. The first-order chi connectivity index (χ1) is 63.9. The normalized spacial score (nSPS) is 21.8. The minimum atomic E-state index is -1.84. The second-order valence-electron chi connectivity index (χ2n) is 32.1. The van der Waals surface area contributed by atoms with Gasteiger partial charge in [-0.25, -0.2) is 19.2 Å². The van der Waals surface area contributed by atoms with Crippen molar-refractivity contribution in [2.24, 2.45) is 0 Å². The van der Waals surface area contributed by atoms with Crippen LogP contribution in [0.15, 0.2) is 66.7 Å². The fourth-order valence-corrected chi connectivity index (χ4v) is 15.0. The third-order valence-corrected chi connectivity index (χ3v) is 21.0. The minimum Gasteiger partial charge on any atom is -0.467 e. The summed E-state index contributed by atoms with van der Waals surface area (Å²) in [5.74, 6) is -6.39. The third-order valence-electron chi connectivity index (χ3n) is 21.0. The number of amides is 7. The van der Waals surface area contributed by atoms with Crippen LogP contribution >= 0.6 is 0 Å². The first kappa shape index (κ1) is 106. The highest BCUT2D eigenvalue weighted by atomic mass is 16.7. The van der Waals surface area contributed by atoms with Crippen LogP contribution in [0.25, 0.3) is 11.1 Å². The molecule has 0 saturated carbocycles. The summed E-state index contributed by atoms with van der Waals surface area (Å²) in [6, 6.07) is 16.2. The number of carbonyl (C=O) groups excluding carboxylic acids is 11. The van der Waals surface area contributed by atoms with Gasteiger partial charge in [0.15, 0.2) is 18.3 Å². The molecule has 3 aromatic carbocycles. The Morgan fingerprint density at radius 3 is 1.34 bits per heavy atom. The largest absolute Gasteiger partial charge is 0.467 e. The Balaban J connectivity index is 0.689. The van der Waals surface area contributed by atoms with Crippen molar-refractivity contribution in [2.45, 2.75) is 184 Å². The van der Waals surface area contributed by atoms with Gasteiger partial charge in [-0.15, -0.1) is 0 Å². The molecule has 5 fully saturated rings. The molecule has 0 bridgehead atoms. The van der Waals surface area contributed by atoms with E-state index in [-0.39, 0.29) is 121 Å². The highest BCUT2D eigenvalue weighted by Crippen LogP contribution is 2.45. The first-order valence-electron chi connectivity index (χ1n) is 44.4. The minimum absolute atomic E-state index is 0.0194. The van der Waals surface area contributed by atoms with Crippen molar-refractivity contribution in [3.05, 3.63) is 89.0 Å². The van der Waals surface area contributed by atoms with Gasteiger partial charge in [0.2, 0.25) is 36.0 Å². The van der Waals surface area contributed by atoms with Crippen molar-refractivity contribution in [2.75, 3.05) is 206 Å². The predicted molar refractivity (Wildman–Crippen MR) is 458 cm³/mol. The van der Waals surface area contributed by atoms with Gasteiger partial charge in [-0.3, -0.25) is 33.6 Å². The molecule has 5 heterocycles. The number of benzene rings is 3. The van der Waals surface area contributed by atoms with E-state index in [2.05, 4.69) is 37.2 Å². The van der Waals surface area contributed by atoms with Crippen molar-refractivity contribution < 1.29 is 171 Å². The summed E-state index contributed by atoms with van der Waals surface area (Å²) in [5, 5.41) is 19.6. The molecule has 9 rings (SSSR count). The van der Waals surface area contributed by atoms with E-state index in [1.165, 1.54) is 18.2 Å². The van der Waals surface area contributed by atoms with Crippen molar-refractivity contribution in [3.8, 4) is 16.9 Å². The van der Waals surface area contributed by atoms with Crippen LogP contribution in [0.1, 0.15) is 102 Å². The van der Waals surface area contributed by atoms with E-state index in [0.29, 0.717) is 144 Å². The molecule has 132 heavy (non-hydrogen) atoms.